The molecule has 2 aliphatic rings. The van der Waals surface area contributed by atoms with Gasteiger partial charge in [0, 0.05) is 71.5 Å². The van der Waals surface area contributed by atoms with E-state index >= 15 is 0 Å². The maximum Gasteiger partial charge on any atom is 0.219 e. The first kappa shape index (κ1) is 19.4. The molecule has 2 aliphatic heterocycles. The van der Waals surface area contributed by atoms with Crippen LogP contribution >= 0.6 is 0 Å². The predicted octanol–water partition coefficient (Wildman–Crippen LogP) is 0.427. The molecule has 0 atom stereocenters. The van der Waals surface area contributed by atoms with Crippen molar-refractivity contribution in [2.45, 2.75) is 6.92 Å². The number of rotatable bonds is 4. The molecular weight excluding hydrogens is 347 g/mol. The topological polar surface area (TPSA) is 68.4 Å². The van der Waals surface area contributed by atoms with Gasteiger partial charge in [-0.25, -0.2) is 4.39 Å². The Labute approximate surface area is 160 Å². The molecule has 0 bridgehead atoms. The third-order valence-corrected chi connectivity index (χ3v) is 5.30. The van der Waals surface area contributed by atoms with E-state index in [9.17, 15) is 9.18 Å². The van der Waals surface area contributed by atoms with Crippen molar-refractivity contribution in [2.24, 2.45) is 10.7 Å². The summed E-state index contributed by atoms with van der Waals surface area (Å²) in [6.45, 7) is 9.83. The van der Waals surface area contributed by atoms with Crippen molar-refractivity contribution in [2.75, 3.05) is 70.3 Å². The lowest BCUT2D eigenvalue weighted by molar-refractivity contribution is -0.130. The van der Waals surface area contributed by atoms with Gasteiger partial charge in [0.15, 0.2) is 5.96 Å². The fraction of sp³-hybridized carbons (Fsp3) is 0.579. The van der Waals surface area contributed by atoms with Crippen LogP contribution in [0.25, 0.3) is 0 Å². The molecule has 0 aromatic heterocycles. The van der Waals surface area contributed by atoms with Gasteiger partial charge in [0.25, 0.3) is 0 Å². The molecule has 7 nitrogen and oxygen atoms in total. The van der Waals surface area contributed by atoms with E-state index in [0.29, 0.717) is 12.5 Å². The van der Waals surface area contributed by atoms with Gasteiger partial charge in [-0.05, 0) is 24.3 Å². The Kier molecular flexibility index (Phi) is 6.49. The van der Waals surface area contributed by atoms with E-state index in [-0.39, 0.29) is 11.7 Å². The fourth-order valence-electron chi connectivity index (χ4n) is 3.54. The number of nitrogens with zero attached hydrogens (tertiary/aromatic N) is 5. The van der Waals surface area contributed by atoms with E-state index in [1.165, 1.54) is 12.1 Å². The first-order valence-corrected chi connectivity index (χ1v) is 9.56. The molecule has 2 saturated heterocycles. The number of hydrogen-bond acceptors (Lipinski definition) is 4. The Morgan fingerprint density at radius 3 is 2.19 bits per heavy atom. The van der Waals surface area contributed by atoms with Crippen molar-refractivity contribution in [3.05, 3.63) is 30.1 Å². The molecule has 3 rings (SSSR count). The summed E-state index contributed by atoms with van der Waals surface area (Å²) in [7, 11) is 0. The van der Waals surface area contributed by atoms with E-state index in [0.717, 1.165) is 64.6 Å². The second kappa shape index (κ2) is 9.03. The molecule has 0 aliphatic carbocycles. The molecule has 1 aromatic rings. The standard InChI is InChI=1S/C19H29FN6O/c1-16(27)24-10-8-23(9-11-24)7-6-22-19(21)26-14-12-25(13-15-26)18-4-2-17(20)3-5-18/h2-5H,6-15H2,1H3,(H2,21,22). The van der Waals surface area contributed by atoms with Crippen LogP contribution in [0.4, 0.5) is 10.1 Å². The van der Waals surface area contributed by atoms with Crippen molar-refractivity contribution in [3.8, 4) is 0 Å². The van der Waals surface area contributed by atoms with Crippen molar-refractivity contribution >= 4 is 17.6 Å². The average Bonchev–Trinajstić information content (AvgIpc) is 2.69. The first-order chi connectivity index (χ1) is 13.0. The molecule has 0 spiro atoms. The fourth-order valence-corrected chi connectivity index (χ4v) is 3.54. The highest BCUT2D eigenvalue weighted by Crippen LogP contribution is 2.16. The van der Waals surface area contributed by atoms with Crippen molar-refractivity contribution in [3.63, 3.8) is 0 Å². The highest BCUT2D eigenvalue weighted by Gasteiger charge is 2.20. The number of aliphatic imine (C=N–C) groups is 1. The van der Waals surface area contributed by atoms with Crippen LogP contribution in [-0.4, -0.2) is 92.0 Å². The maximum atomic E-state index is 13.0. The number of anilines is 1. The molecule has 0 unspecified atom stereocenters. The molecule has 1 aromatic carbocycles. The zero-order valence-corrected chi connectivity index (χ0v) is 16.0. The van der Waals surface area contributed by atoms with Gasteiger partial charge >= 0.3 is 0 Å². The van der Waals surface area contributed by atoms with Crippen LogP contribution in [0.3, 0.4) is 0 Å². The smallest absolute Gasteiger partial charge is 0.219 e. The van der Waals surface area contributed by atoms with Gasteiger partial charge in [-0.15, -0.1) is 0 Å². The van der Waals surface area contributed by atoms with Gasteiger partial charge in [-0.3, -0.25) is 14.7 Å². The normalized spacial score (nSPS) is 19.5. The van der Waals surface area contributed by atoms with Crippen molar-refractivity contribution in [1.82, 2.24) is 14.7 Å². The number of halogens is 1. The second-order valence-corrected chi connectivity index (χ2v) is 7.04. The average molecular weight is 376 g/mol. The summed E-state index contributed by atoms with van der Waals surface area (Å²) in [6.07, 6.45) is 0. The lowest BCUT2D eigenvalue weighted by atomic mass is 10.2. The number of carbonyl (C=O) groups is 1. The van der Waals surface area contributed by atoms with Crippen LogP contribution in [0.1, 0.15) is 6.92 Å². The van der Waals surface area contributed by atoms with E-state index < -0.39 is 0 Å². The highest BCUT2D eigenvalue weighted by atomic mass is 19.1. The maximum absolute atomic E-state index is 13.0. The number of piperazine rings is 2. The minimum Gasteiger partial charge on any atom is -0.370 e. The number of benzene rings is 1. The number of carbonyl (C=O) groups excluding carboxylic acids is 1. The van der Waals surface area contributed by atoms with Gasteiger partial charge in [-0.1, -0.05) is 0 Å². The van der Waals surface area contributed by atoms with Gasteiger partial charge < -0.3 is 20.4 Å². The van der Waals surface area contributed by atoms with E-state index in [2.05, 4.69) is 19.7 Å². The first-order valence-electron chi connectivity index (χ1n) is 9.56. The summed E-state index contributed by atoms with van der Waals surface area (Å²) in [4.78, 5) is 24.4. The van der Waals surface area contributed by atoms with Crippen LogP contribution in [0, 0.1) is 5.82 Å². The molecular formula is C19H29FN6O. The second-order valence-electron chi connectivity index (χ2n) is 7.04. The van der Waals surface area contributed by atoms with Gasteiger partial charge in [-0.2, -0.15) is 0 Å². The van der Waals surface area contributed by atoms with Gasteiger partial charge in [0.1, 0.15) is 5.82 Å². The number of hydrogen-bond donors (Lipinski definition) is 1. The molecule has 27 heavy (non-hydrogen) atoms. The van der Waals surface area contributed by atoms with Gasteiger partial charge in [0.05, 0.1) is 6.54 Å². The summed E-state index contributed by atoms with van der Waals surface area (Å²) in [5.74, 6) is 0.532. The summed E-state index contributed by atoms with van der Waals surface area (Å²) in [6, 6.07) is 6.62. The number of guanidine groups is 1. The summed E-state index contributed by atoms with van der Waals surface area (Å²) < 4.78 is 13.0. The Morgan fingerprint density at radius 2 is 1.59 bits per heavy atom. The third kappa shape index (κ3) is 5.32. The minimum absolute atomic E-state index is 0.150. The summed E-state index contributed by atoms with van der Waals surface area (Å²) in [5.41, 5.74) is 7.20. The molecule has 2 N–H and O–H groups in total. The largest absolute Gasteiger partial charge is 0.370 e. The quantitative estimate of drug-likeness (QED) is 0.610. The van der Waals surface area contributed by atoms with Crippen molar-refractivity contribution in [1.29, 1.82) is 0 Å². The Balaban J connectivity index is 1.39. The highest BCUT2D eigenvalue weighted by molar-refractivity contribution is 5.78. The molecule has 0 saturated carbocycles. The summed E-state index contributed by atoms with van der Waals surface area (Å²) in [5, 5.41) is 0. The van der Waals surface area contributed by atoms with Crippen LogP contribution < -0.4 is 10.6 Å². The monoisotopic (exact) mass is 376 g/mol. The zero-order valence-electron chi connectivity index (χ0n) is 16.0. The molecule has 2 heterocycles. The summed E-state index contributed by atoms with van der Waals surface area (Å²) >= 11 is 0. The van der Waals surface area contributed by atoms with Gasteiger partial charge in [0.2, 0.25) is 5.91 Å². The third-order valence-electron chi connectivity index (χ3n) is 5.30. The molecule has 148 valence electrons. The number of nitrogens with two attached hydrogens (primary N) is 1. The molecule has 1 amide bonds. The number of amides is 1. The minimum atomic E-state index is -0.212. The van der Waals surface area contributed by atoms with Crippen molar-refractivity contribution < 1.29 is 9.18 Å². The Morgan fingerprint density at radius 1 is 1.00 bits per heavy atom. The van der Waals surface area contributed by atoms with Crippen LogP contribution in [-0.2, 0) is 4.79 Å². The lowest BCUT2D eigenvalue weighted by Crippen LogP contribution is -2.51. The molecule has 8 heteroatoms. The molecule has 2 fully saturated rings. The SMILES string of the molecule is CC(=O)N1CCN(CCN=C(N)N2CCN(c3ccc(F)cc3)CC2)CC1. The van der Waals surface area contributed by atoms with Crippen LogP contribution in [0.2, 0.25) is 0 Å². The predicted molar refractivity (Wildman–Crippen MR) is 105 cm³/mol. The van der Waals surface area contributed by atoms with Crippen LogP contribution in [0.5, 0.6) is 0 Å². The van der Waals surface area contributed by atoms with E-state index in [1.54, 1.807) is 6.92 Å². The molecule has 0 radical (unpaired) electrons. The lowest BCUT2D eigenvalue weighted by Gasteiger charge is -2.37. The van der Waals surface area contributed by atoms with Crippen LogP contribution in [0.15, 0.2) is 29.3 Å². The Bertz CT molecular complexity index is 649. The Hall–Kier alpha value is -2.35. The van der Waals surface area contributed by atoms with E-state index in [4.69, 9.17) is 5.73 Å². The van der Waals surface area contributed by atoms with E-state index in [1.807, 2.05) is 17.0 Å². The zero-order chi connectivity index (χ0) is 19.2.